The zero-order chi connectivity index (χ0) is 21.5. The van der Waals surface area contributed by atoms with Gasteiger partial charge in [0.1, 0.15) is 21.9 Å². The Bertz CT molecular complexity index is 1180. The number of halogens is 1. The highest BCUT2D eigenvalue weighted by Crippen LogP contribution is 2.43. The van der Waals surface area contributed by atoms with Crippen LogP contribution in [0.2, 0.25) is 0 Å². The molecule has 176 valence electrons. The number of nitrogens with zero attached hydrogens (tertiary/aromatic N) is 4. The van der Waals surface area contributed by atoms with E-state index in [0.29, 0.717) is 23.2 Å². The highest BCUT2D eigenvalue weighted by atomic mass is 35.5. The maximum atomic E-state index is 13.4. The van der Waals surface area contributed by atoms with E-state index in [0.717, 1.165) is 72.8 Å². The lowest BCUT2D eigenvalue weighted by molar-refractivity contribution is 0.479. The van der Waals surface area contributed by atoms with Gasteiger partial charge in [0.2, 0.25) is 5.95 Å². The number of aromatic amines is 1. The number of nitrogens with one attached hydrogen (secondary N) is 3. The molecule has 0 unspecified atom stereocenters. The highest BCUT2D eigenvalue weighted by Gasteiger charge is 2.29. The first kappa shape index (κ1) is 22.6. The molecular formula is C23H30ClN7OS. The van der Waals surface area contributed by atoms with Crippen molar-refractivity contribution < 1.29 is 0 Å². The van der Waals surface area contributed by atoms with Gasteiger partial charge in [-0.1, -0.05) is 0 Å². The number of anilines is 2. The number of thiazole rings is 1. The summed E-state index contributed by atoms with van der Waals surface area (Å²) in [5.74, 6) is 1.84. The van der Waals surface area contributed by atoms with E-state index >= 15 is 0 Å². The molecule has 33 heavy (non-hydrogen) atoms. The average Bonchev–Trinajstić information content (AvgIpc) is 3.58. The smallest absolute Gasteiger partial charge is 0.264 e. The molecule has 1 atom stereocenters. The second-order valence-electron chi connectivity index (χ2n) is 9.18. The predicted octanol–water partition coefficient (Wildman–Crippen LogP) is 3.90. The van der Waals surface area contributed by atoms with Crippen molar-refractivity contribution in [1.29, 1.82) is 0 Å². The fraction of sp³-hybridized carbons (Fsp3) is 0.565. The minimum absolute atomic E-state index is 0. The molecule has 1 aliphatic carbocycles. The average molecular weight is 488 g/mol. The molecule has 3 aromatic rings. The van der Waals surface area contributed by atoms with Crippen molar-refractivity contribution in [1.82, 2.24) is 25.3 Å². The number of aromatic nitrogens is 4. The molecule has 0 spiro atoms. The third-order valence-electron chi connectivity index (χ3n) is 6.71. The SMILES string of the molecule is Cl.O=c1[nH]c(N2CCCCC2)nc(N[C@@H]2CCCNC2)c1-c1nc2c(C3CC3)nccc2s1. The number of hydrogen-bond donors (Lipinski definition) is 3. The quantitative estimate of drug-likeness (QED) is 0.502. The maximum absolute atomic E-state index is 13.4. The number of pyridine rings is 1. The minimum Gasteiger partial charge on any atom is -0.365 e. The largest absolute Gasteiger partial charge is 0.365 e. The van der Waals surface area contributed by atoms with E-state index in [1.807, 2.05) is 12.3 Å². The number of piperidine rings is 2. The van der Waals surface area contributed by atoms with Crippen LogP contribution in [0.15, 0.2) is 17.1 Å². The van der Waals surface area contributed by atoms with Gasteiger partial charge < -0.3 is 15.5 Å². The lowest BCUT2D eigenvalue weighted by Crippen LogP contribution is -2.39. The van der Waals surface area contributed by atoms with Gasteiger partial charge in [0, 0.05) is 37.8 Å². The monoisotopic (exact) mass is 487 g/mol. The molecule has 2 saturated heterocycles. The van der Waals surface area contributed by atoms with Crippen LogP contribution in [0.3, 0.4) is 0 Å². The lowest BCUT2D eigenvalue weighted by Gasteiger charge is -2.29. The van der Waals surface area contributed by atoms with Crippen molar-refractivity contribution in [2.45, 2.75) is 56.9 Å². The van der Waals surface area contributed by atoms with Crippen LogP contribution in [0.5, 0.6) is 0 Å². The molecule has 3 fully saturated rings. The van der Waals surface area contributed by atoms with Crippen LogP contribution in [0.25, 0.3) is 20.8 Å². The number of fused-ring (bicyclic) bond motifs is 1. The third-order valence-corrected chi connectivity index (χ3v) is 7.75. The zero-order valence-corrected chi connectivity index (χ0v) is 20.2. The Balaban J connectivity index is 0.00000228. The van der Waals surface area contributed by atoms with Crippen LogP contribution in [0.4, 0.5) is 11.8 Å². The molecule has 6 rings (SSSR count). The van der Waals surface area contributed by atoms with Crippen molar-refractivity contribution >= 4 is 45.7 Å². The van der Waals surface area contributed by atoms with E-state index in [9.17, 15) is 4.79 Å². The number of hydrogen-bond acceptors (Lipinski definition) is 8. The second-order valence-corrected chi connectivity index (χ2v) is 10.2. The Morgan fingerprint density at radius 2 is 1.94 bits per heavy atom. The Morgan fingerprint density at radius 1 is 1.09 bits per heavy atom. The molecule has 1 saturated carbocycles. The number of H-pyrrole nitrogens is 1. The summed E-state index contributed by atoms with van der Waals surface area (Å²) in [7, 11) is 0. The molecule has 2 aliphatic heterocycles. The van der Waals surface area contributed by atoms with E-state index in [1.54, 1.807) is 11.3 Å². The standard InChI is InChI=1S/C23H29N7OS.ClH/c31-21-17(22-27-19-16(32-22)8-10-25-18(19)14-6-7-14)20(26-15-5-4-9-24-13-15)28-23(29-21)30-11-2-1-3-12-30;/h8,10,14-15,24H,1-7,9,11-13H2,(H2,26,28,29,31);1H/t15-;/m1./s1. The van der Waals surface area contributed by atoms with Gasteiger partial charge in [-0.25, -0.2) is 4.98 Å². The summed E-state index contributed by atoms with van der Waals surface area (Å²) < 4.78 is 1.08. The molecular weight excluding hydrogens is 458 g/mol. The molecule has 0 radical (unpaired) electrons. The van der Waals surface area contributed by atoms with Crippen LogP contribution >= 0.6 is 23.7 Å². The van der Waals surface area contributed by atoms with Crippen LogP contribution in [-0.4, -0.2) is 52.2 Å². The van der Waals surface area contributed by atoms with Crippen LogP contribution in [0.1, 0.15) is 56.6 Å². The molecule has 8 nitrogen and oxygen atoms in total. The summed E-state index contributed by atoms with van der Waals surface area (Å²) in [6.45, 7) is 3.79. The van der Waals surface area contributed by atoms with Gasteiger partial charge in [0.05, 0.1) is 10.4 Å². The van der Waals surface area contributed by atoms with Crippen molar-refractivity contribution in [2.75, 3.05) is 36.4 Å². The van der Waals surface area contributed by atoms with Gasteiger partial charge in [0.15, 0.2) is 0 Å². The maximum Gasteiger partial charge on any atom is 0.264 e. The third kappa shape index (κ3) is 4.58. The normalized spacial score (nSPS) is 21.1. The molecule has 0 aromatic carbocycles. The summed E-state index contributed by atoms with van der Waals surface area (Å²) in [6.07, 6.45) is 9.90. The first-order valence-electron chi connectivity index (χ1n) is 11.9. The summed E-state index contributed by atoms with van der Waals surface area (Å²) in [5.41, 5.74) is 2.45. The molecule has 3 N–H and O–H groups in total. The van der Waals surface area contributed by atoms with E-state index < -0.39 is 0 Å². The Kier molecular flexibility index (Phi) is 6.53. The van der Waals surface area contributed by atoms with Crippen LogP contribution < -0.4 is 21.1 Å². The van der Waals surface area contributed by atoms with E-state index in [2.05, 4.69) is 25.5 Å². The summed E-state index contributed by atoms with van der Waals surface area (Å²) >= 11 is 1.56. The summed E-state index contributed by atoms with van der Waals surface area (Å²) in [4.78, 5) is 33.2. The second kappa shape index (κ2) is 9.56. The van der Waals surface area contributed by atoms with E-state index in [4.69, 9.17) is 9.97 Å². The number of rotatable bonds is 5. The molecule has 3 aromatic heterocycles. The molecule has 3 aliphatic rings. The van der Waals surface area contributed by atoms with Crippen LogP contribution in [-0.2, 0) is 0 Å². The van der Waals surface area contributed by atoms with Gasteiger partial charge in [-0.05, 0) is 57.6 Å². The minimum atomic E-state index is -0.119. The molecule has 0 bridgehead atoms. The lowest BCUT2D eigenvalue weighted by atomic mass is 10.1. The van der Waals surface area contributed by atoms with Gasteiger partial charge in [0.25, 0.3) is 5.56 Å². The molecule has 5 heterocycles. The van der Waals surface area contributed by atoms with E-state index in [1.165, 1.54) is 19.3 Å². The van der Waals surface area contributed by atoms with Gasteiger partial charge >= 0.3 is 0 Å². The van der Waals surface area contributed by atoms with Gasteiger partial charge in [-0.15, -0.1) is 23.7 Å². The fourth-order valence-corrected chi connectivity index (χ4v) is 5.84. The highest BCUT2D eigenvalue weighted by molar-refractivity contribution is 7.21. The van der Waals surface area contributed by atoms with Crippen molar-refractivity contribution in [3.8, 4) is 10.6 Å². The van der Waals surface area contributed by atoms with Gasteiger partial charge in [-0.2, -0.15) is 4.98 Å². The van der Waals surface area contributed by atoms with Gasteiger partial charge in [-0.3, -0.25) is 14.8 Å². The van der Waals surface area contributed by atoms with Crippen molar-refractivity contribution in [3.63, 3.8) is 0 Å². The first-order valence-corrected chi connectivity index (χ1v) is 12.7. The Hall–Kier alpha value is -2.23. The Morgan fingerprint density at radius 3 is 2.70 bits per heavy atom. The predicted molar refractivity (Wildman–Crippen MR) is 136 cm³/mol. The summed E-state index contributed by atoms with van der Waals surface area (Å²) in [5, 5.41) is 7.76. The summed E-state index contributed by atoms with van der Waals surface area (Å²) in [6, 6.07) is 2.26. The van der Waals surface area contributed by atoms with Crippen LogP contribution in [0, 0.1) is 0 Å². The fourth-order valence-electron chi connectivity index (χ4n) is 4.83. The van der Waals surface area contributed by atoms with Crippen molar-refractivity contribution in [3.05, 3.63) is 28.3 Å². The molecule has 10 heteroatoms. The molecule has 0 amide bonds. The zero-order valence-electron chi connectivity index (χ0n) is 18.6. The topological polar surface area (TPSA) is 98.8 Å². The van der Waals surface area contributed by atoms with E-state index in [-0.39, 0.29) is 24.0 Å². The van der Waals surface area contributed by atoms with Crippen molar-refractivity contribution in [2.24, 2.45) is 0 Å². The Labute approximate surface area is 203 Å². The first-order chi connectivity index (χ1) is 15.8.